The maximum Gasteiger partial charge on any atom is 0.338 e. The van der Waals surface area contributed by atoms with Gasteiger partial charge in [-0.3, -0.25) is 0 Å². The first-order chi connectivity index (χ1) is 10.6. The molecular formula is C16H22O6. The van der Waals surface area contributed by atoms with E-state index in [-0.39, 0.29) is 19.1 Å². The Bertz CT molecular complexity index is 459. The summed E-state index contributed by atoms with van der Waals surface area (Å²) >= 11 is 0. The molecule has 0 aromatic carbocycles. The lowest BCUT2D eigenvalue weighted by Gasteiger charge is -2.44. The molecule has 3 aliphatic carbocycles. The van der Waals surface area contributed by atoms with Gasteiger partial charge in [0.05, 0.1) is 13.2 Å². The smallest absolute Gasteiger partial charge is 0.338 e. The van der Waals surface area contributed by atoms with Crippen LogP contribution in [0.4, 0.5) is 0 Å². The third kappa shape index (κ3) is 2.54. The highest BCUT2D eigenvalue weighted by Gasteiger charge is 2.60. The van der Waals surface area contributed by atoms with E-state index in [1.807, 2.05) is 0 Å². The zero-order chi connectivity index (χ0) is 15.7. The summed E-state index contributed by atoms with van der Waals surface area (Å²) in [4.78, 5) is 24.3. The summed E-state index contributed by atoms with van der Waals surface area (Å²) < 4.78 is 22.0. The van der Waals surface area contributed by atoms with Crippen molar-refractivity contribution in [1.82, 2.24) is 0 Å². The van der Waals surface area contributed by atoms with Crippen molar-refractivity contribution >= 4 is 11.9 Å². The van der Waals surface area contributed by atoms with E-state index in [4.69, 9.17) is 18.9 Å². The predicted octanol–water partition coefficient (Wildman–Crippen LogP) is 1.58. The molecular weight excluding hydrogens is 288 g/mol. The fourth-order valence-electron chi connectivity index (χ4n) is 3.58. The summed E-state index contributed by atoms with van der Waals surface area (Å²) in [5, 5.41) is 0. The van der Waals surface area contributed by atoms with Gasteiger partial charge in [0.25, 0.3) is 0 Å². The van der Waals surface area contributed by atoms with Crippen molar-refractivity contribution in [3.8, 4) is 0 Å². The van der Waals surface area contributed by atoms with Gasteiger partial charge < -0.3 is 18.9 Å². The second-order valence-electron chi connectivity index (χ2n) is 5.93. The SMILES string of the molecule is CCOC(=O)C1OC2(CC3C=CC2CC3)OC1C(=O)OCC. The highest BCUT2D eigenvalue weighted by atomic mass is 16.8. The minimum atomic E-state index is -1.05. The van der Waals surface area contributed by atoms with Crippen molar-refractivity contribution in [1.29, 1.82) is 0 Å². The molecule has 0 aromatic heterocycles. The first-order valence-corrected chi connectivity index (χ1v) is 7.97. The highest BCUT2D eigenvalue weighted by molar-refractivity contribution is 5.86. The summed E-state index contributed by atoms with van der Waals surface area (Å²) in [5.74, 6) is -1.60. The zero-order valence-corrected chi connectivity index (χ0v) is 12.9. The Labute approximate surface area is 129 Å². The first-order valence-electron chi connectivity index (χ1n) is 7.97. The summed E-state index contributed by atoms with van der Waals surface area (Å²) in [6, 6.07) is 0. The molecule has 1 spiro atoms. The molecule has 4 unspecified atom stereocenters. The second-order valence-corrected chi connectivity index (χ2v) is 5.93. The zero-order valence-electron chi connectivity index (χ0n) is 12.9. The molecule has 4 aliphatic rings. The molecule has 2 bridgehead atoms. The van der Waals surface area contributed by atoms with Gasteiger partial charge in [-0.25, -0.2) is 9.59 Å². The Kier molecular flexibility index (Phi) is 4.23. The van der Waals surface area contributed by atoms with E-state index in [2.05, 4.69) is 12.2 Å². The van der Waals surface area contributed by atoms with Crippen LogP contribution in [-0.2, 0) is 28.5 Å². The van der Waals surface area contributed by atoms with Crippen molar-refractivity contribution in [3.63, 3.8) is 0 Å². The molecule has 1 aliphatic heterocycles. The minimum absolute atomic E-state index is 0.0638. The fourth-order valence-corrected chi connectivity index (χ4v) is 3.58. The van der Waals surface area contributed by atoms with Gasteiger partial charge in [-0.2, -0.15) is 0 Å². The predicted molar refractivity (Wildman–Crippen MR) is 75.7 cm³/mol. The van der Waals surface area contributed by atoms with E-state index in [0.29, 0.717) is 12.3 Å². The van der Waals surface area contributed by atoms with Crippen LogP contribution in [0.2, 0.25) is 0 Å². The summed E-state index contributed by atoms with van der Waals surface area (Å²) in [6.07, 6.45) is 4.84. The van der Waals surface area contributed by atoms with E-state index in [9.17, 15) is 9.59 Å². The Balaban J connectivity index is 1.83. The van der Waals surface area contributed by atoms with Gasteiger partial charge in [0.1, 0.15) is 0 Å². The average molecular weight is 310 g/mol. The lowest BCUT2D eigenvalue weighted by Crippen LogP contribution is -2.47. The monoisotopic (exact) mass is 310 g/mol. The van der Waals surface area contributed by atoms with Crippen LogP contribution in [0.15, 0.2) is 12.2 Å². The topological polar surface area (TPSA) is 71.1 Å². The van der Waals surface area contributed by atoms with Crippen LogP contribution in [0.5, 0.6) is 0 Å². The maximum atomic E-state index is 12.1. The van der Waals surface area contributed by atoms with Crippen molar-refractivity contribution in [3.05, 3.63) is 12.2 Å². The quantitative estimate of drug-likeness (QED) is 0.580. The number of fused-ring (bicyclic) bond motifs is 1. The second kappa shape index (κ2) is 6.01. The number of carbonyl (C=O) groups excluding carboxylic acids is 2. The molecule has 1 heterocycles. The molecule has 0 amide bonds. The highest BCUT2D eigenvalue weighted by Crippen LogP contribution is 2.50. The molecule has 0 N–H and O–H groups in total. The van der Waals surface area contributed by atoms with Crippen molar-refractivity contribution < 1.29 is 28.5 Å². The van der Waals surface area contributed by atoms with Crippen LogP contribution in [-0.4, -0.2) is 43.1 Å². The molecule has 1 saturated heterocycles. The molecule has 4 atom stereocenters. The largest absolute Gasteiger partial charge is 0.464 e. The van der Waals surface area contributed by atoms with Gasteiger partial charge >= 0.3 is 11.9 Å². The van der Waals surface area contributed by atoms with Gasteiger partial charge in [0.2, 0.25) is 0 Å². The number of hydrogen-bond acceptors (Lipinski definition) is 6. The Hall–Kier alpha value is -1.40. The van der Waals surface area contributed by atoms with Crippen molar-refractivity contribution in [2.45, 2.75) is 51.1 Å². The maximum absolute atomic E-state index is 12.1. The van der Waals surface area contributed by atoms with E-state index in [1.165, 1.54) is 0 Å². The molecule has 0 aromatic rings. The standard InChI is InChI=1S/C16H22O6/c1-3-19-14(17)12-13(15(18)20-4-2)22-16(21-12)9-10-5-7-11(16)8-6-10/h5,7,10-13H,3-4,6,8-9H2,1-2H3. The Morgan fingerprint density at radius 2 is 1.64 bits per heavy atom. The van der Waals surface area contributed by atoms with Gasteiger partial charge in [-0.05, 0) is 32.6 Å². The Morgan fingerprint density at radius 1 is 1.05 bits per heavy atom. The summed E-state index contributed by atoms with van der Waals surface area (Å²) in [5.41, 5.74) is 0. The fraction of sp³-hybridized carbons (Fsp3) is 0.750. The number of rotatable bonds is 4. The van der Waals surface area contributed by atoms with Gasteiger partial charge in [0, 0.05) is 12.3 Å². The van der Waals surface area contributed by atoms with Crippen LogP contribution < -0.4 is 0 Å². The molecule has 1 saturated carbocycles. The lowest BCUT2D eigenvalue weighted by atomic mass is 9.72. The molecule has 6 nitrogen and oxygen atoms in total. The van der Waals surface area contributed by atoms with E-state index >= 15 is 0 Å². The molecule has 22 heavy (non-hydrogen) atoms. The van der Waals surface area contributed by atoms with Crippen LogP contribution in [0.1, 0.15) is 33.1 Å². The molecule has 4 rings (SSSR count). The number of hydrogen-bond donors (Lipinski definition) is 0. The summed E-state index contributed by atoms with van der Waals surface area (Å²) in [7, 11) is 0. The number of carbonyl (C=O) groups is 2. The summed E-state index contributed by atoms with van der Waals surface area (Å²) in [6.45, 7) is 3.89. The van der Waals surface area contributed by atoms with E-state index in [1.54, 1.807) is 13.8 Å². The van der Waals surface area contributed by atoms with Gasteiger partial charge in [0.15, 0.2) is 18.0 Å². The number of allylic oxidation sites excluding steroid dienone is 1. The number of ether oxygens (including phenoxy) is 4. The Morgan fingerprint density at radius 3 is 2.00 bits per heavy atom. The average Bonchev–Trinajstić information content (AvgIpc) is 2.88. The molecule has 6 heteroatoms. The van der Waals surface area contributed by atoms with Crippen LogP contribution >= 0.6 is 0 Å². The van der Waals surface area contributed by atoms with Gasteiger partial charge in [-0.15, -0.1) is 0 Å². The molecule has 122 valence electrons. The minimum Gasteiger partial charge on any atom is -0.464 e. The van der Waals surface area contributed by atoms with E-state index < -0.39 is 29.9 Å². The lowest BCUT2D eigenvalue weighted by molar-refractivity contribution is -0.230. The van der Waals surface area contributed by atoms with Crippen LogP contribution in [0, 0.1) is 11.8 Å². The van der Waals surface area contributed by atoms with Crippen molar-refractivity contribution in [2.24, 2.45) is 11.8 Å². The molecule has 0 radical (unpaired) electrons. The van der Waals surface area contributed by atoms with E-state index in [0.717, 1.165) is 12.8 Å². The first kappa shape index (κ1) is 15.5. The third-order valence-corrected chi connectivity index (χ3v) is 4.54. The van der Waals surface area contributed by atoms with Crippen LogP contribution in [0.3, 0.4) is 0 Å². The van der Waals surface area contributed by atoms with Crippen molar-refractivity contribution in [2.75, 3.05) is 13.2 Å². The van der Waals surface area contributed by atoms with Crippen LogP contribution in [0.25, 0.3) is 0 Å². The molecule has 2 fully saturated rings. The number of esters is 2. The normalized spacial score (nSPS) is 39.2. The third-order valence-electron chi connectivity index (χ3n) is 4.54. The van der Waals surface area contributed by atoms with Gasteiger partial charge in [-0.1, -0.05) is 12.2 Å².